The predicted molar refractivity (Wildman–Crippen MR) is 101 cm³/mol. The number of ether oxygens (including phenoxy) is 3. The van der Waals surface area contributed by atoms with Gasteiger partial charge in [0.25, 0.3) is 11.1 Å². The molecule has 142 valence electrons. The third kappa shape index (κ3) is 4.63. The van der Waals surface area contributed by atoms with E-state index in [1.54, 1.807) is 24.3 Å². The molecular weight excluding hydrogens is 370 g/mol. The maximum Gasteiger partial charge on any atom is 0.328 e. The molecule has 0 N–H and O–H groups in total. The predicted octanol–water partition coefficient (Wildman–Crippen LogP) is 2.70. The summed E-state index contributed by atoms with van der Waals surface area (Å²) in [6.45, 7) is 3.79. The number of esters is 1. The number of methoxy groups -OCH3 is 1. The number of benzene rings is 1. The minimum absolute atomic E-state index is 0.101. The Bertz CT molecular complexity index is 826. The first kappa shape index (κ1) is 20.4. The molecular formula is C19H19NO6S. The van der Waals surface area contributed by atoms with E-state index in [1.165, 1.54) is 14.0 Å². The number of hydrogen-bond acceptors (Lipinski definition) is 7. The van der Waals surface area contributed by atoms with Crippen LogP contribution in [0.2, 0.25) is 0 Å². The molecule has 7 nitrogen and oxygen atoms in total. The van der Waals surface area contributed by atoms with Crippen LogP contribution in [0.4, 0.5) is 4.79 Å². The fraction of sp³-hybridized carbons (Fsp3) is 0.316. The molecule has 8 heteroatoms. The number of imide groups is 1. The average Bonchev–Trinajstić information content (AvgIpc) is 2.93. The normalized spacial score (nSPS) is 16.2. The number of carbonyl (C=O) groups excluding carboxylic acids is 3. The second-order valence-electron chi connectivity index (χ2n) is 5.38. The van der Waals surface area contributed by atoms with Crippen LogP contribution in [-0.2, 0) is 14.3 Å². The molecule has 2 rings (SSSR count). The second-order valence-corrected chi connectivity index (χ2v) is 6.38. The van der Waals surface area contributed by atoms with Crippen LogP contribution in [0.1, 0.15) is 19.4 Å². The highest BCUT2D eigenvalue weighted by atomic mass is 32.2. The molecule has 0 aliphatic carbocycles. The van der Waals surface area contributed by atoms with Gasteiger partial charge in [0.2, 0.25) is 0 Å². The summed E-state index contributed by atoms with van der Waals surface area (Å²) in [6.07, 6.45) is 6.76. The monoisotopic (exact) mass is 389 g/mol. The average molecular weight is 389 g/mol. The van der Waals surface area contributed by atoms with Crippen molar-refractivity contribution in [3.8, 4) is 23.8 Å². The number of carbonyl (C=O) groups is 3. The van der Waals surface area contributed by atoms with Gasteiger partial charge in [-0.3, -0.25) is 14.5 Å². The first-order chi connectivity index (χ1) is 12.9. The van der Waals surface area contributed by atoms with Gasteiger partial charge in [0, 0.05) is 0 Å². The molecule has 1 aromatic rings. The van der Waals surface area contributed by atoms with Gasteiger partial charge in [0.1, 0.15) is 12.6 Å². The summed E-state index contributed by atoms with van der Waals surface area (Å²) in [6, 6.07) is 4.08. The van der Waals surface area contributed by atoms with Gasteiger partial charge in [-0.1, -0.05) is 12.0 Å². The van der Waals surface area contributed by atoms with E-state index in [2.05, 4.69) is 10.7 Å². The topological polar surface area (TPSA) is 82.1 Å². The standard InChI is InChI=1S/C19H19NO6S/c1-5-9-26-14-8-7-13(10-15(14)25-6-2)11-16-17(21)20(19(23)27-16)12(3)18(22)24-4/h1,7-8,10-12H,6,9H2,2-4H3. The van der Waals surface area contributed by atoms with Crippen molar-refractivity contribution in [1.29, 1.82) is 0 Å². The van der Waals surface area contributed by atoms with E-state index in [0.29, 0.717) is 23.7 Å². The Kier molecular flexibility index (Phi) is 6.91. The van der Waals surface area contributed by atoms with Gasteiger partial charge in [-0.05, 0) is 49.4 Å². The number of thioether (sulfide) groups is 1. The quantitative estimate of drug-likeness (QED) is 0.403. The van der Waals surface area contributed by atoms with Gasteiger partial charge < -0.3 is 14.2 Å². The summed E-state index contributed by atoms with van der Waals surface area (Å²) in [5, 5.41) is -0.525. The van der Waals surface area contributed by atoms with Crippen molar-refractivity contribution in [3.63, 3.8) is 0 Å². The third-order valence-electron chi connectivity index (χ3n) is 3.63. The summed E-state index contributed by atoms with van der Waals surface area (Å²) >= 11 is 0.762. The van der Waals surface area contributed by atoms with E-state index in [0.717, 1.165) is 16.7 Å². The van der Waals surface area contributed by atoms with Crippen molar-refractivity contribution in [2.75, 3.05) is 20.3 Å². The van der Waals surface area contributed by atoms with Gasteiger partial charge >= 0.3 is 5.97 Å². The molecule has 1 aliphatic heterocycles. The van der Waals surface area contributed by atoms with Gasteiger partial charge in [-0.15, -0.1) is 6.42 Å². The fourth-order valence-electron chi connectivity index (χ4n) is 2.36. The summed E-state index contributed by atoms with van der Waals surface area (Å²) < 4.78 is 15.6. The van der Waals surface area contributed by atoms with Crippen molar-refractivity contribution >= 4 is 35.0 Å². The van der Waals surface area contributed by atoms with Crippen molar-refractivity contribution in [1.82, 2.24) is 4.90 Å². The first-order valence-electron chi connectivity index (χ1n) is 8.10. The lowest BCUT2D eigenvalue weighted by molar-refractivity contribution is -0.148. The van der Waals surface area contributed by atoms with E-state index in [4.69, 9.17) is 15.9 Å². The van der Waals surface area contributed by atoms with Crippen LogP contribution in [0.15, 0.2) is 23.1 Å². The van der Waals surface area contributed by atoms with Crippen molar-refractivity contribution in [3.05, 3.63) is 28.7 Å². The summed E-state index contributed by atoms with van der Waals surface area (Å²) in [7, 11) is 1.20. The Hall–Kier alpha value is -2.92. The van der Waals surface area contributed by atoms with Crippen LogP contribution in [0.25, 0.3) is 6.08 Å². The van der Waals surface area contributed by atoms with Crippen molar-refractivity contribution < 1.29 is 28.6 Å². The van der Waals surface area contributed by atoms with E-state index >= 15 is 0 Å². The van der Waals surface area contributed by atoms with Crippen LogP contribution in [0, 0.1) is 12.3 Å². The Morgan fingerprint density at radius 2 is 2.07 bits per heavy atom. The van der Waals surface area contributed by atoms with Crippen LogP contribution < -0.4 is 9.47 Å². The number of hydrogen-bond donors (Lipinski definition) is 0. The molecule has 1 aliphatic rings. The van der Waals surface area contributed by atoms with Crippen molar-refractivity contribution in [2.45, 2.75) is 19.9 Å². The molecule has 1 heterocycles. The summed E-state index contributed by atoms with van der Waals surface area (Å²) in [5.41, 5.74) is 0.641. The summed E-state index contributed by atoms with van der Waals surface area (Å²) in [5.74, 6) is 2.13. The highest BCUT2D eigenvalue weighted by Gasteiger charge is 2.41. The zero-order valence-corrected chi connectivity index (χ0v) is 16.0. The van der Waals surface area contributed by atoms with Crippen LogP contribution in [0.3, 0.4) is 0 Å². The van der Waals surface area contributed by atoms with E-state index in [9.17, 15) is 14.4 Å². The third-order valence-corrected chi connectivity index (χ3v) is 4.51. The molecule has 0 radical (unpaired) electrons. The molecule has 1 aromatic carbocycles. The molecule has 2 amide bonds. The molecule has 1 atom stereocenters. The van der Waals surface area contributed by atoms with Crippen LogP contribution >= 0.6 is 11.8 Å². The van der Waals surface area contributed by atoms with E-state index < -0.39 is 23.2 Å². The maximum atomic E-state index is 12.5. The molecule has 1 saturated heterocycles. The highest BCUT2D eigenvalue weighted by molar-refractivity contribution is 8.18. The smallest absolute Gasteiger partial charge is 0.328 e. The Balaban J connectivity index is 2.29. The van der Waals surface area contributed by atoms with Crippen LogP contribution in [-0.4, -0.2) is 48.4 Å². The molecule has 0 bridgehead atoms. The minimum Gasteiger partial charge on any atom is -0.490 e. The first-order valence-corrected chi connectivity index (χ1v) is 8.92. The Morgan fingerprint density at radius 1 is 1.33 bits per heavy atom. The minimum atomic E-state index is -0.994. The van der Waals surface area contributed by atoms with E-state index in [1.807, 2.05) is 6.92 Å². The Morgan fingerprint density at radius 3 is 2.70 bits per heavy atom. The number of terminal acetylenes is 1. The maximum absolute atomic E-state index is 12.5. The molecule has 27 heavy (non-hydrogen) atoms. The molecule has 1 unspecified atom stereocenters. The highest BCUT2D eigenvalue weighted by Crippen LogP contribution is 2.35. The lowest BCUT2D eigenvalue weighted by Crippen LogP contribution is -2.42. The zero-order chi connectivity index (χ0) is 20.0. The number of nitrogens with zero attached hydrogens (tertiary/aromatic N) is 1. The van der Waals surface area contributed by atoms with Gasteiger partial charge in [0.15, 0.2) is 11.5 Å². The summed E-state index contributed by atoms with van der Waals surface area (Å²) in [4.78, 5) is 37.4. The number of amides is 2. The largest absolute Gasteiger partial charge is 0.490 e. The number of rotatable bonds is 7. The second kappa shape index (κ2) is 9.14. The SMILES string of the molecule is C#CCOc1ccc(C=C2SC(=O)N(C(C)C(=O)OC)C2=O)cc1OCC. The van der Waals surface area contributed by atoms with Gasteiger partial charge in [-0.25, -0.2) is 4.79 Å². The van der Waals surface area contributed by atoms with E-state index in [-0.39, 0.29) is 11.5 Å². The lowest BCUT2D eigenvalue weighted by atomic mass is 10.1. The van der Waals surface area contributed by atoms with Crippen LogP contribution in [0.5, 0.6) is 11.5 Å². The Labute approximate surface area is 161 Å². The lowest BCUT2D eigenvalue weighted by Gasteiger charge is -2.18. The molecule has 1 fully saturated rings. The van der Waals surface area contributed by atoms with Gasteiger partial charge in [0.05, 0.1) is 18.6 Å². The fourth-order valence-corrected chi connectivity index (χ4v) is 3.27. The van der Waals surface area contributed by atoms with Gasteiger partial charge in [-0.2, -0.15) is 0 Å². The molecule has 0 saturated carbocycles. The zero-order valence-electron chi connectivity index (χ0n) is 15.2. The van der Waals surface area contributed by atoms with Crippen molar-refractivity contribution in [2.24, 2.45) is 0 Å². The molecule has 0 aromatic heterocycles. The molecule has 0 spiro atoms.